The molecule has 0 saturated carbocycles. The highest BCUT2D eigenvalue weighted by molar-refractivity contribution is 5.92. The van der Waals surface area contributed by atoms with Crippen molar-refractivity contribution in [3.63, 3.8) is 0 Å². The Morgan fingerprint density at radius 1 is 1.09 bits per heavy atom. The number of hydrogen-bond donors (Lipinski definition) is 3. The molecule has 23 heavy (non-hydrogen) atoms. The van der Waals surface area contributed by atoms with E-state index in [1.165, 1.54) is 17.9 Å². The van der Waals surface area contributed by atoms with Crippen LogP contribution in [0.5, 0.6) is 0 Å². The third kappa shape index (κ3) is 4.96. The lowest BCUT2D eigenvalue weighted by molar-refractivity contribution is -0.692. The molecule has 0 saturated heterocycles. The van der Waals surface area contributed by atoms with Gasteiger partial charge in [-0.05, 0) is 12.1 Å². The van der Waals surface area contributed by atoms with Gasteiger partial charge in [-0.3, -0.25) is 20.4 Å². The first-order chi connectivity index (χ1) is 11.1. The zero-order valence-electron chi connectivity index (χ0n) is 13.3. The number of nitrogens with two attached hydrogens (primary N) is 1. The average molecular weight is 316 g/mol. The largest absolute Gasteiger partial charge is 0.459 e. The fourth-order valence-electron chi connectivity index (χ4n) is 2.35. The minimum Gasteiger partial charge on any atom is -0.459 e. The van der Waals surface area contributed by atoms with Crippen LogP contribution in [0.4, 0.5) is 0 Å². The van der Waals surface area contributed by atoms with Crippen molar-refractivity contribution in [3.05, 3.63) is 60.1 Å². The Balaban J connectivity index is 1.81. The van der Waals surface area contributed by atoms with Crippen molar-refractivity contribution in [2.45, 2.75) is 19.9 Å². The Labute approximate surface area is 135 Å². The molecule has 0 spiro atoms. The van der Waals surface area contributed by atoms with E-state index in [-0.39, 0.29) is 24.3 Å². The summed E-state index contributed by atoms with van der Waals surface area (Å²) in [6.45, 7) is 4.45. The lowest BCUT2D eigenvalue weighted by atomic mass is 9.96. The maximum Gasteiger partial charge on any atom is 0.305 e. The predicted molar refractivity (Wildman–Crippen MR) is 85.1 cm³/mol. The molecule has 0 radical (unpaired) electrons. The number of carbonyl (C=O) groups excluding carboxylic acids is 2. The smallest absolute Gasteiger partial charge is 0.305 e. The van der Waals surface area contributed by atoms with Crippen LogP contribution in [0.15, 0.2) is 53.1 Å². The van der Waals surface area contributed by atoms with E-state index in [0.29, 0.717) is 5.92 Å². The van der Waals surface area contributed by atoms with Crippen LogP contribution in [0.1, 0.15) is 36.0 Å². The van der Waals surface area contributed by atoms with Crippen LogP contribution in [-0.2, 0) is 4.79 Å². The highest BCUT2D eigenvalue weighted by atomic mass is 16.3. The van der Waals surface area contributed by atoms with Gasteiger partial charge < -0.3 is 9.73 Å². The summed E-state index contributed by atoms with van der Waals surface area (Å²) in [6.07, 6.45) is 1.40. The summed E-state index contributed by atoms with van der Waals surface area (Å²) in [6, 6.07) is 13.4. The lowest BCUT2D eigenvalue weighted by Gasteiger charge is -2.19. The molecule has 4 N–H and O–H groups in total. The molecule has 2 aromatic rings. The van der Waals surface area contributed by atoms with Crippen molar-refractivity contribution in [2.24, 2.45) is 5.92 Å². The first-order valence-electron chi connectivity index (χ1n) is 7.59. The number of quaternary nitrogens is 1. The molecule has 0 aliphatic rings. The number of carbonyl (C=O) groups is 2. The summed E-state index contributed by atoms with van der Waals surface area (Å²) in [5, 5.41) is 1.97. The Kier molecular flexibility index (Phi) is 5.94. The van der Waals surface area contributed by atoms with Crippen LogP contribution in [0.25, 0.3) is 0 Å². The van der Waals surface area contributed by atoms with Crippen molar-refractivity contribution >= 4 is 11.8 Å². The number of hydrazine groups is 1. The quantitative estimate of drug-likeness (QED) is 0.695. The second kappa shape index (κ2) is 8.14. The molecule has 0 aliphatic carbocycles. The van der Waals surface area contributed by atoms with Crippen LogP contribution in [0.3, 0.4) is 0 Å². The predicted octanol–water partition coefficient (Wildman–Crippen LogP) is 1.00. The number of benzene rings is 1. The SMILES string of the molecule is CC(C)[C@@H]([NH2+]CC(=O)NNC(=O)c1ccco1)c1ccccc1. The van der Waals surface area contributed by atoms with E-state index in [2.05, 4.69) is 36.8 Å². The fraction of sp³-hybridized carbons (Fsp3) is 0.294. The topological polar surface area (TPSA) is 88.0 Å². The molecule has 0 aliphatic heterocycles. The number of amides is 2. The Morgan fingerprint density at radius 3 is 2.43 bits per heavy atom. The van der Waals surface area contributed by atoms with E-state index in [4.69, 9.17) is 4.42 Å². The van der Waals surface area contributed by atoms with Gasteiger partial charge in [-0.1, -0.05) is 44.2 Å². The molecule has 0 unspecified atom stereocenters. The lowest BCUT2D eigenvalue weighted by Crippen LogP contribution is -2.88. The normalized spacial score (nSPS) is 12.0. The van der Waals surface area contributed by atoms with E-state index >= 15 is 0 Å². The summed E-state index contributed by atoms with van der Waals surface area (Å²) in [7, 11) is 0. The molecule has 122 valence electrons. The van der Waals surface area contributed by atoms with Gasteiger partial charge in [-0.25, -0.2) is 0 Å². The molecule has 1 atom stereocenters. The van der Waals surface area contributed by atoms with Gasteiger partial charge in [0.1, 0.15) is 6.04 Å². The maximum absolute atomic E-state index is 11.9. The van der Waals surface area contributed by atoms with Crippen LogP contribution in [0, 0.1) is 5.92 Å². The fourth-order valence-corrected chi connectivity index (χ4v) is 2.35. The maximum atomic E-state index is 11.9. The van der Waals surface area contributed by atoms with Gasteiger partial charge in [0.2, 0.25) is 0 Å². The zero-order valence-corrected chi connectivity index (χ0v) is 13.3. The summed E-state index contributed by atoms with van der Waals surface area (Å²) in [5.74, 6) is -0.222. The zero-order chi connectivity index (χ0) is 16.7. The molecule has 0 bridgehead atoms. The first kappa shape index (κ1) is 16.8. The van der Waals surface area contributed by atoms with Crippen molar-refractivity contribution in [1.29, 1.82) is 0 Å². The van der Waals surface area contributed by atoms with Gasteiger partial charge in [0, 0.05) is 11.5 Å². The number of hydrogen-bond acceptors (Lipinski definition) is 3. The number of rotatable bonds is 6. The first-order valence-corrected chi connectivity index (χ1v) is 7.59. The van der Waals surface area contributed by atoms with E-state index in [1.807, 2.05) is 23.5 Å². The van der Waals surface area contributed by atoms with Crippen molar-refractivity contribution in [1.82, 2.24) is 10.9 Å². The van der Waals surface area contributed by atoms with Crippen LogP contribution >= 0.6 is 0 Å². The second-order valence-corrected chi connectivity index (χ2v) is 5.60. The van der Waals surface area contributed by atoms with Gasteiger partial charge in [0.15, 0.2) is 12.3 Å². The standard InChI is InChI=1S/C17H21N3O3/c1-12(2)16(13-7-4-3-5-8-13)18-11-15(21)19-20-17(22)14-9-6-10-23-14/h3-10,12,16,18H,11H2,1-2H3,(H,19,21)(H,20,22)/p+1/t16-/m1/s1. The van der Waals surface area contributed by atoms with Gasteiger partial charge >= 0.3 is 5.91 Å². The Morgan fingerprint density at radius 2 is 1.83 bits per heavy atom. The molecular weight excluding hydrogens is 294 g/mol. The molecule has 1 aromatic carbocycles. The molecule has 6 heteroatoms. The molecule has 1 heterocycles. The average Bonchev–Trinajstić information content (AvgIpc) is 3.08. The minimum absolute atomic E-state index is 0.152. The summed E-state index contributed by atoms with van der Waals surface area (Å²) >= 11 is 0. The van der Waals surface area contributed by atoms with Crippen molar-refractivity contribution in [2.75, 3.05) is 6.54 Å². The molecule has 0 fully saturated rings. The van der Waals surface area contributed by atoms with E-state index in [0.717, 1.165) is 0 Å². The minimum atomic E-state index is -0.480. The Hall–Kier alpha value is -2.60. The molecular formula is C17H22N3O3+. The Bertz CT molecular complexity index is 624. The van der Waals surface area contributed by atoms with E-state index in [1.54, 1.807) is 6.07 Å². The third-order valence-electron chi connectivity index (χ3n) is 3.52. The van der Waals surface area contributed by atoms with Gasteiger partial charge in [0.25, 0.3) is 5.91 Å². The summed E-state index contributed by atoms with van der Waals surface area (Å²) < 4.78 is 4.94. The second-order valence-electron chi connectivity index (χ2n) is 5.60. The highest BCUT2D eigenvalue weighted by Gasteiger charge is 2.20. The van der Waals surface area contributed by atoms with Crippen LogP contribution in [-0.4, -0.2) is 18.4 Å². The van der Waals surface area contributed by atoms with Gasteiger partial charge in [-0.15, -0.1) is 0 Å². The van der Waals surface area contributed by atoms with Crippen LogP contribution in [0.2, 0.25) is 0 Å². The molecule has 2 rings (SSSR count). The summed E-state index contributed by atoms with van der Waals surface area (Å²) in [4.78, 5) is 23.5. The van der Waals surface area contributed by atoms with Gasteiger partial charge in [0.05, 0.1) is 6.26 Å². The molecule has 1 aromatic heterocycles. The third-order valence-corrected chi connectivity index (χ3v) is 3.52. The highest BCUT2D eigenvalue weighted by Crippen LogP contribution is 2.16. The summed E-state index contributed by atoms with van der Waals surface area (Å²) in [5.41, 5.74) is 5.89. The van der Waals surface area contributed by atoms with Crippen molar-refractivity contribution in [3.8, 4) is 0 Å². The van der Waals surface area contributed by atoms with E-state index in [9.17, 15) is 9.59 Å². The van der Waals surface area contributed by atoms with Crippen LogP contribution < -0.4 is 16.2 Å². The molecule has 6 nitrogen and oxygen atoms in total. The van der Waals surface area contributed by atoms with Gasteiger partial charge in [-0.2, -0.15) is 0 Å². The number of furan rings is 1. The van der Waals surface area contributed by atoms with Crippen molar-refractivity contribution < 1.29 is 19.3 Å². The molecule has 2 amide bonds. The van der Waals surface area contributed by atoms with E-state index < -0.39 is 5.91 Å². The number of nitrogens with one attached hydrogen (secondary N) is 2. The monoisotopic (exact) mass is 316 g/mol.